The highest BCUT2D eigenvalue weighted by Crippen LogP contribution is 2.64. The zero-order chi connectivity index (χ0) is 34.6. The standard InChI is InChI=1S/C49H44IN/c1-34(30-35-16-6-3-7-17-35)45(50)31-36-24-26-38(27-25-36)51-46-23-13-11-21-40(46)42-32-41-39-20-10-12-22-43(39)49(44(41)33-47(42)51,37-18-8-4-9-19-37)48(2)28-14-5-15-29-48/h3-14,16-27,32-34,45H,15,28-31H2,1-2H3/t34-,45-,48?,49?/m0/s1. The summed E-state index contributed by atoms with van der Waals surface area (Å²) in [6, 6.07) is 55.1. The van der Waals surface area contributed by atoms with Gasteiger partial charge in [-0.1, -0.05) is 164 Å². The van der Waals surface area contributed by atoms with Crippen molar-refractivity contribution in [3.8, 4) is 16.8 Å². The van der Waals surface area contributed by atoms with Crippen LogP contribution in [0, 0.1) is 11.3 Å². The number of alkyl halides is 1. The predicted molar refractivity (Wildman–Crippen MR) is 224 cm³/mol. The van der Waals surface area contributed by atoms with Crippen LogP contribution in [0.25, 0.3) is 38.6 Å². The molecule has 2 aliphatic carbocycles. The molecule has 0 fully saturated rings. The Labute approximate surface area is 316 Å². The zero-order valence-corrected chi connectivity index (χ0v) is 31.7. The summed E-state index contributed by atoms with van der Waals surface area (Å²) < 4.78 is 3.09. The van der Waals surface area contributed by atoms with Crippen molar-refractivity contribution in [2.75, 3.05) is 0 Å². The van der Waals surface area contributed by atoms with Crippen molar-refractivity contribution in [2.45, 2.75) is 55.3 Å². The summed E-state index contributed by atoms with van der Waals surface area (Å²) in [6.07, 6.45) is 10.3. The molecule has 0 radical (unpaired) electrons. The number of hydrogen-bond donors (Lipinski definition) is 0. The van der Waals surface area contributed by atoms with Gasteiger partial charge in [0.1, 0.15) is 0 Å². The molecule has 252 valence electrons. The van der Waals surface area contributed by atoms with Crippen LogP contribution in [0.4, 0.5) is 0 Å². The van der Waals surface area contributed by atoms with Crippen molar-refractivity contribution in [1.29, 1.82) is 0 Å². The Hall–Kier alpha value is -4.41. The van der Waals surface area contributed by atoms with Crippen molar-refractivity contribution in [2.24, 2.45) is 11.3 Å². The number of halogens is 1. The quantitative estimate of drug-likeness (QED) is 0.0823. The second-order valence-corrected chi connectivity index (χ2v) is 16.9. The molecule has 6 aromatic carbocycles. The molecule has 0 aliphatic heterocycles. The third-order valence-corrected chi connectivity index (χ3v) is 13.9. The molecule has 0 amide bonds. The van der Waals surface area contributed by atoms with Crippen molar-refractivity contribution >= 4 is 44.4 Å². The van der Waals surface area contributed by atoms with Gasteiger partial charge in [-0.25, -0.2) is 0 Å². The number of hydrogen-bond acceptors (Lipinski definition) is 0. The first-order chi connectivity index (χ1) is 25.0. The maximum absolute atomic E-state index is 2.67. The molecule has 0 N–H and O–H groups in total. The highest BCUT2D eigenvalue weighted by atomic mass is 127. The van der Waals surface area contributed by atoms with E-state index >= 15 is 0 Å². The largest absolute Gasteiger partial charge is 0.309 e. The summed E-state index contributed by atoms with van der Waals surface area (Å²) >= 11 is 2.67. The monoisotopic (exact) mass is 773 g/mol. The lowest BCUT2D eigenvalue weighted by Gasteiger charge is -2.50. The second-order valence-electron chi connectivity index (χ2n) is 15.3. The van der Waals surface area contributed by atoms with Crippen LogP contribution >= 0.6 is 22.6 Å². The number of nitrogens with zero attached hydrogens (tertiary/aromatic N) is 1. The molecule has 2 heteroatoms. The number of aromatic nitrogens is 1. The van der Waals surface area contributed by atoms with Gasteiger partial charge in [0.25, 0.3) is 0 Å². The molecule has 4 atom stereocenters. The maximum atomic E-state index is 2.67. The first-order valence-electron chi connectivity index (χ1n) is 18.6. The van der Waals surface area contributed by atoms with Crippen LogP contribution in [0.5, 0.6) is 0 Å². The summed E-state index contributed by atoms with van der Waals surface area (Å²) in [7, 11) is 0. The van der Waals surface area contributed by atoms with Gasteiger partial charge in [0, 0.05) is 20.4 Å². The average molecular weight is 774 g/mol. The van der Waals surface area contributed by atoms with Gasteiger partial charge in [-0.15, -0.1) is 0 Å². The van der Waals surface area contributed by atoms with Crippen LogP contribution in [0.2, 0.25) is 0 Å². The van der Waals surface area contributed by atoms with Crippen molar-refractivity contribution in [1.82, 2.24) is 4.57 Å². The third kappa shape index (κ3) is 5.24. The Balaban J connectivity index is 1.20. The van der Waals surface area contributed by atoms with Gasteiger partial charge < -0.3 is 4.57 Å². The zero-order valence-electron chi connectivity index (χ0n) is 29.5. The number of rotatable bonds is 8. The first-order valence-corrected chi connectivity index (χ1v) is 19.9. The van der Waals surface area contributed by atoms with E-state index in [1.165, 1.54) is 66.4 Å². The van der Waals surface area contributed by atoms with E-state index in [4.69, 9.17) is 0 Å². The normalized spacial score (nSPS) is 20.7. The number of para-hydroxylation sites is 1. The Bertz CT molecular complexity index is 2390. The van der Waals surface area contributed by atoms with Crippen molar-refractivity contribution in [3.05, 3.63) is 186 Å². The van der Waals surface area contributed by atoms with Crippen molar-refractivity contribution < 1.29 is 0 Å². The molecule has 1 heterocycles. The highest BCUT2D eigenvalue weighted by molar-refractivity contribution is 14.1. The fraction of sp³-hybridized carbons (Fsp3) is 0.224. The topological polar surface area (TPSA) is 4.93 Å². The molecule has 9 rings (SSSR count). The number of allylic oxidation sites excluding steroid dienone is 2. The summed E-state index contributed by atoms with van der Waals surface area (Å²) in [6.45, 7) is 4.95. The van der Waals surface area contributed by atoms with Crippen LogP contribution in [-0.4, -0.2) is 8.49 Å². The number of fused-ring (bicyclic) bond motifs is 6. The lowest BCUT2D eigenvalue weighted by Crippen LogP contribution is -2.45. The summed E-state index contributed by atoms with van der Waals surface area (Å²) in [5.41, 5.74) is 13.4. The van der Waals surface area contributed by atoms with Crippen molar-refractivity contribution in [3.63, 3.8) is 0 Å². The van der Waals surface area contributed by atoms with E-state index in [1.807, 2.05) is 0 Å². The van der Waals surface area contributed by atoms with E-state index in [-0.39, 0.29) is 10.8 Å². The predicted octanol–water partition coefficient (Wildman–Crippen LogP) is 13.1. The van der Waals surface area contributed by atoms with Crippen LogP contribution in [0.3, 0.4) is 0 Å². The minimum atomic E-state index is -0.268. The van der Waals surface area contributed by atoms with Gasteiger partial charge in [-0.05, 0) is 113 Å². The summed E-state index contributed by atoms with van der Waals surface area (Å²) in [5.74, 6) is 0.600. The van der Waals surface area contributed by atoms with E-state index in [0.717, 1.165) is 32.1 Å². The minimum Gasteiger partial charge on any atom is -0.309 e. The van der Waals surface area contributed by atoms with E-state index < -0.39 is 0 Å². The SMILES string of the molecule is C[C@@H](Cc1ccccc1)[C@@H](I)Cc1ccc(-n2c3ccccc3c3cc4c(cc32)C(c2ccccc2)(C2(C)CC=CCC2)c2ccccc2-4)cc1. The summed E-state index contributed by atoms with van der Waals surface area (Å²) in [4.78, 5) is 0. The fourth-order valence-electron chi connectivity index (χ4n) is 9.64. The second kappa shape index (κ2) is 13.0. The minimum absolute atomic E-state index is 0.0181. The van der Waals surface area contributed by atoms with Gasteiger partial charge in [0.2, 0.25) is 0 Å². The Morgan fingerprint density at radius 2 is 1.31 bits per heavy atom. The molecule has 0 saturated carbocycles. The molecule has 1 nitrogen and oxygen atoms in total. The molecule has 0 bridgehead atoms. The smallest absolute Gasteiger partial charge is 0.0544 e. The molecule has 2 unspecified atom stereocenters. The van der Waals surface area contributed by atoms with Crippen LogP contribution < -0.4 is 0 Å². The lowest BCUT2D eigenvalue weighted by molar-refractivity contribution is 0.192. The fourth-order valence-corrected chi connectivity index (χ4v) is 10.4. The average Bonchev–Trinajstić information content (AvgIpc) is 3.66. The lowest BCUT2D eigenvalue weighted by atomic mass is 9.52. The van der Waals surface area contributed by atoms with Crippen LogP contribution in [-0.2, 0) is 18.3 Å². The Morgan fingerprint density at radius 3 is 2.08 bits per heavy atom. The van der Waals surface area contributed by atoms with Gasteiger partial charge in [-0.2, -0.15) is 0 Å². The molecule has 51 heavy (non-hydrogen) atoms. The van der Waals surface area contributed by atoms with E-state index in [0.29, 0.717) is 9.84 Å². The highest BCUT2D eigenvalue weighted by Gasteiger charge is 2.56. The van der Waals surface area contributed by atoms with Crippen LogP contribution in [0.1, 0.15) is 60.9 Å². The molecular formula is C49H44IN. The van der Waals surface area contributed by atoms with Gasteiger partial charge in [-0.3, -0.25) is 0 Å². The molecule has 0 saturated heterocycles. The van der Waals surface area contributed by atoms with Crippen LogP contribution in [0.15, 0.2) is 158 Å². The van der Waals surface area contributed by atoms with E-state index in [1.54, 1.807) is 0 Å². The summed E-state index contributed by atoms with van der Waals surface area (Å²) in [5, 5.41) is 2.63. The number of benzene rings is 6. The molecular weight excluding hydrogens is 729 g/mol. The molecule has 2 aliphatic rings. The van der Waals surface area contributed by atoms with Gasteiger partial charge in [0.05, 0.1) is 16.4 Å². The Kier molecular flexibility index (Phi) is 8.27. The third-order valence-electron chi connectivity index (χ3n) is 12.2. The van der Waals surface area contributed by atoms with E-state index in [2.05, 4.69) is 199 Å². The maximum Gasteiger partial charge on any atom is 0.0544 e. The van der Waals surface area contributed by atoms with Gasteiger partial charge in [0.15, 0.2) is 0 Å². The molecule has 7 aromatic rings. The first kappa shape index (κ1) is 32.5. The van der Waals surface area contributed by atoms with E-state index in [9.17, 15) is 0 Å². The molecule has 1 aromatic heterocycles. The van der Waals surface area contributed by atoms with Gasteiger partial charge >= 0.3 is 0 Å². The Morgan fingerprint density at radius 1 is 0.627 bits per heavy atom. The molecule has 0 spiro atoms.